The Morgan fingerprint density at radius 2 is 2.21 bits per heavy atom. The Morgan fingerprint density at radius 3 is 2.79 bits per heavy atom. The lowest BCUT2D eigenvalue weighted by molar-refractivity contribution is -0.133. The number of carbonyl (C=O) groups is 1. The number of ether oxygens (including phenoxy) is 2. The number of benzene rings is 1. The van der Waals surface area contributed by atoms with Crippen molar-refractivity contribution in [2.24, 2.45) is 5.73 Å². The van der Waals surface area contributed by atoms with Gasteiger partial charge in [0, 0.05) is 18.1 Å². The van der Waals surface area contributed by atoms with E-state index in [1.54, 1.807) is 24.3 Å². The van der Waals surface area contributed by atoms with Crippen LogP contribution in [0.2, 0.25) is 5.02 Å². The Morgan fingerprint density at radius 1 is 1.47 bits per heavy atom. The van der Waals surface area contributed by atoms with Crippen molar-refractivity contribution in [2.75, 3.05) is 26.3 Å². The van der Waals surface area contributed by atoms with Crippen molar-refractivity contribution in [3.05, 3.63) is 29.3 Å². The van der Waals surface area contributed by atoms with E-state index in [4.69, 9.17) is 26.8 Å². The third-order valence-corrected chi connectivity index (χ3v) is 3.20. The molecule has 6 heteroatoms. The van der Waals surface area contributed by atoms with Crippen LogP contribution in [0.15, 0.2) is 24.3 Å². The molecule has 1 saturated heterocycles. The summed E-state index contributed by atoms with van der Waals surface area (Å²) in [6, 6.07) is 7.04. The molecular formula is C13H17ClN2O3. The van der Waals surface area contributed by atoms with Gasteiger partial charge in [-0.05, 0) is 24.3 Å². The summed E-state index contributed by atoms with van der Waals surface area (Å²) in [5.41, 5.74) is 4.59. The van der Waals surface area contributed by atoms with Crippen molar-refractivity contribution in [1.29, 1.82) is 0 Å². The number of halogens is 1. The minimum atomic E-state index is -0.691. The van der Waals surface area contributed by atoms with Crippen LogP contribution in [-0.4, -0.2) is 37.8 Å². The lowest BCUT2D eigenvalue weighted by Crippen LogP contribution is -2.55. The monoisotopic (exact) mass is 284 g/mol. The van der Waals surface area contributed by atoms with Crippen molar-refractivity contribution in [1.82, 2.24) is 5.32 Å². The lowest BCUT2D eigenvalue weighted by atomic mass is 9.98. The SMILES string of the molecule is NC(=O)C[C@]1(COc2ccc(Cl)cc2)CNCCO1. The smallest absolute Gasteiger partial charge is 0.220 e. The molecule has 1 aliphatic rings. The van der Waals surface area contributed by atoms with Gasteiger partial charge in [0.25, 0.3) is 0 Å². The fourth-order valence-electron chi connectivity index (χ4n) is 2.03. The third-order valence-electron chi connectivity index (χ3n) is 2.95. The molecule has 5 nitrogen and oxygen atoms in total. The minimum Gasteiger partial charge on any atom is -0.491 e. The van der Waals surface area contributed by atoms with E-state index in [1.807, 2.05) is 0 Å². The fourth-order valence-corrected chi connectivity index (χ4v) is 2.15. The van der Waals surface area contributed by atoms with Gasteiger partial charge in [-0.25, -0.2) is 0 Å². The molecule has 1 amide bonds. The Hall–Kier alpha value is -1.30. The van der Waals surface area contributed by atoms with Crippen LogP contribution in [0.4, 0.5) is 0 Å². The summed E-state index contributed by atoms with van der Waals surface area (Å²) in [6.07, 6.45) is 0.133. The molecule has 0 aromatic heterocycles. The Balaban J connectivity index is 1.99. The number of nitrogens with two attached hydrogens (primary N) is 1. The van der Waals surface area contributed by atoms with E-state index in [1.165, 1.54) is 0 Å². The van der Waals surface area contributed by atoms with E-state index in [-0.39, 0.29) is 13.0 Å². The van der Waals surface area contributed by atoms with Crippen LogP contribution in [0, 0.1) is 0 Å². The molecule has 1 aliphatic heterocycles. The van der Waals surface area contributed by atoms with Crippen molar-refractivity contribution < 1.29 is 14.3 Å². The van der Waals surface area contributed by atoms with Gasteiger partial charge >= 0.3 is 0 Å². The predicted molar refractivity (Wildman–Crippen MR) is 72.3 cm³/mol. The van der Waals surface area contributed by atoms with Crippen LogP contribution in [0.5, 0.6) is 5.75 Å². The van der Waals surface area contributed by atoms with E-state index < -0.39 is 11.5 Å². The summed E-state index contributed by atoms with van der Waals surface area (Å²) < 4.78 is 11.4. The predicted octanol–water partition coefficient (Wildman–Crippen LogP) is 0.953. The molecule has 104 valence electrons. The maximum Gasteiger partial charge on any atom is 0.220 e. The first-order chi connectivity index (χ1) is 9.10. The number of primary amides is 1. The Bertz CT molecular complexity index is 430. The van der Waals surface area contributed by atoms with Gasteiger partial charge in [0.2, 0.25) is 5.91 Å². The van der Waals surface area contributed by atoms with Crippen LogP contribution in [0.1, 0.15) is 6.42 Å². The summed E-state index contributed by atoms with van der Waals surface area (Å²) in [4.78, 5) is 11.2. The molecule has 1 fully saturated rings. The van der Waals surface area contributed by atoms with Crippen LogP contribution >= 0.6 is 11.6 Å². The highest BCUT2D eigenvalue weighted by atomic mass is 35.5. The zero-order valence-corrected chi connectivity index (χ0v) is 11.3. The number of carbonyl (C=O) groups excluding carboxylic acids is 1. The van der Waals surface area contributed by atoms with Gasteiger partial charge in [0.1, 0.15) is 18.0 Å². The first-order valence-corrected chi connectivity index (χ1v) is 6.49. The number of hydrogen-bond donors (Lipinski definition) is 2. The molecule has 0 aliphatic carbocycles. The number of nitrogens with one attached hydrogen (secondary N) is 1. The van der Waals surface area contributed by atoms with Gasteiger partial charge in [-0.3, -0.25) is 4.79 Å². The van der Waals surface area contributed by atoms with E-state index in [0.29, 0.717) is 23.9 Å². The summed E-state index contributed by atoms with van der Waals surface area (Å²) in [7, 11) is 0. The van der Waals surface area contributed by atoms with Crippen LogP contribution in [0.25, 0.3) is 0 Å². The van der Waals surface area contributed by atoms with Gasteiger partial charge in [-0.15, -0.1) is 0 Å². The normalized spacial score (nSPS) is 23.0. The van der Waals surface area contributed by atoms with Crippen LogP contribution < -0.4 is 15.8 Å². The largest absolute Gasteiger partial charge is 0.491 e. The zero-order chi connectivity index (χ0) is 13.7. The molecule has 0 radical (unpaired) electrons. The van der Waals surface area contributed by atoms with E-state index in [9.17, 15) is 4.79 Å². The van der Waals surface area contributed by atoms with Crippen molar-refractivity contribution >= 4 is 17.5 Å². The highest BCUT2D eigenvalue weighted by molar-refractivity contribution is 6.30. The molecule has 0 spiro atoms. The number of rotatable bonds is 5. The van der Waals surface area contributed by atoms with Crippen molar-refractivity contribution in [2.45, 2.75) is 12.0 Å². The Labute approximate surface area is 117 Å². The number of hydrogen-bond acceptors (Lipinski definition) is 4. The minimum absolute atomic E-state index is 0.133. The highest BCUT2D eigenvalue weighted by Gasteiger charge is 2.36. The van der Waals surface area contributed by atoms with Gasteiger partial charge in [-0.1, -0.05) is 11.6 Å². The molecular weight excluding hydrogens is 268 g/mol. The second-order valence-electron chi connectivity index (χ2n) is 4.59. The standard InChI is InChI=1S/C13H17ClN2O3/c14-10-1-3-11(4-2-10)18-9-13(7-12(15)17)8-16-5-6-19-13/h1-4,16H,5-9H2,(H2,15,17)/t13-/m1/s1. The average molecular weight is 285 g/mol. The molecule has 0 unspecified atom stereocenters. The number of amides is 1. The summed E-state index contributed by atoms with van der Waals surface area (Å²) in [6.45, 7) is 2.12. The van der Waals surface area contributed by atoms with E-state index in [0.717, 1.165) is 6.54 Å². The van der Waals surface area contributed by atoms with Crippen molar-refractivity contribution in [3.63, 3.8) is 0 Å². The molecule has 0 bridgehead atoms. The molecule has 1 aromatic carbocycles. The maximum absolute atomic E-state index is 11.2. The van der Waals surface area contributed by atoms with Crippen LogP contribution in [-0.2, 0) is 9.53 Å². The van der Waals surface area contributed by atoms with E-state index in [2.05, 4.69) is 5.32 Å². The highest BCUT2D eigenvalue weighted by Crippen LogP contribution is 2.22. The second kappa shape index (κ2) is 6.23. The lowest BCUT2D eigenvalue weighted by Gasteiger charge is -2.36. The van der Waals surface area contributed by atoms with Crippen LogP contribution in [0.3, 0.4) is 0 Å². The topological polar surface area (TPSA) is 73.6 Å². The molecule has 1 heterocycles. The molecule has 1 atom stereocenters. The summed E-state index contributed by atoms with van der Waals surface area (Å²) in [5.74, 6) is 0.283. The second-order valence-corrected chi connectivity index (χ2v) is 5.03. The first kappa shape index (κ1) is 14.1. The molecule has 1 aromatic rings. The van der Waals surface area contributed by atoms with E-state index >= 15 is 0 Å². The third kappa shape index (κ3) is 4.09. The number of morpholine rings is 1. The summed E-state index contributed by atoms with van der Waals surface area (Å²) in [5, 5.41) is 3.84. The first-order valence-electron chi connectivity index (χ1n) is 6.11. The molecule has 3 N–H and O–H groups in total. The Kier molecular flexibility index (Phi) is 4.63. The molecule has 19 heavy (non-hydrogen) atoms. The van der Waals surface area contributed by atoms with Gasteiger partial charge in [-0.2, -0.15) is 0 Å². The quantitative estimate of drug-likeness (QED) is 0.844. The van der Waals surface area contributed by atoms with Crippen molar-refractivity contribution in [3.8, 4) is 5.75 Å². The van der Waals surface area contributed by atoms with Gasteiger partial charge in [0.15, 0.2) is 0 Å². The zero-order valence-electron chi connectivity index (χ0n) is 10.5. The van der Waals surface area contributed by atoms with Gasteiger partial charge < -0.3 is 20.5 Å². The fraction of sp³-hybridized carbons (Fsp3) is 0.462. The molecule has 0 saturated carbocycles. The maximum atomic E-state index is 11.2. The van der Waals surface area contributed by atoms with Gasteiger partial charge in [0.05, 0.1) is 13.0 Å². The molecule has 2 rings (SSSR count). The summed E-state index contributed by atoms with van der Waals surface area (Å²) >= 11 is 5.81. The average Bonchev–Trinajstić information content (AvgIpc) is 2.38.